The lowest BCUT2D eigenvalue weighted by molar-refractivity contribution is -0.114. The number of nitrogens with zero attached hydrogens (tertiary/aromatic N) is 3. The van der Waals surface area contributed by atoms with Crippen LogP contribution in [0.5, 0.6) is 0 Å². The monoisotopic (exact) mass is 347 g/mol. The van der Waals surface area contributed by atoms with E-state index < -0.39 is 0 Å². The van der Waals surface area contributed by atoms with E-state index in [1.807, 2.05) is 19.2 Å². The maximum atomic E-state index is 11.9. The van der Waals surface area contributed by atoms with Crippen LogP contribution in [0.4, 0.5) is 0 Å². The lowest BCUT2D eigenvalue weighted by Gasteiger charge is -2.28. The highest BCUT2D eigenvalue weighted by atomic mass is 16.1. The molecule has 4 rings (SSSR count). The van der Waals surface area contributed by atoms with Crippen molar-refractivity contribution < 1.29 is 4.79 Å². The summed E-state index contributed by atoms with van der Waals surface area (Å²) in [4.78, 5) is 20.8. The molecule has 1 aliphatic heterocycles. The Labute approximate surface area is 154 Å². The molecule has 1 unspecified atom stereocenters. The third kappa shape index (κ3) is 2.64. The molecule has 4 nitrogen and oxygen atoms in total. The number of aryl methyl sites for hydroxylation is 1. The first-order valence-electron chi connectivity index (χ1n) is 9.60. The fourth-order valence-electron chi connectivity index (χ4n) is 4.41. The van der Waals surface area contributed by atoms with Crippen molar-refractivity contribution in [3.05, 3.63) is 46.8 Å². The van der Waals surface area contributed by atoms with Gasteiger partial charge in [-0.2, -0.15) is 0 Å². The predicted octanol–water partition coefficient (Wildman–Crippen LogP) is 4.95. The Balaban J connectivity index is 1.74. The SMILES string of the molecule is CCC1=C(C2CCC(n3c(CC)nc4ccccc43)=C(C)C2)C=NC1=O. The number of carbonyl (C=O) groups is 1. The van der Waals surface area contributed by atoms with Crippen LogP contribution in [0.2, 0.25) is 0 Å². The average molecular weight is 347 g/mol. The van der Waals surface area contributed by atoms with Crippen LogP contribution in [0.15, 0.2) is 46.0 Å². The molecular weight excluding hydrogens is 322 g/mol. The summed E-state index contributed by atoms with van der Waals surface area (Å²) in [6.07, 6.45) is 6.55. The van der Waals surface area contributed by atoms with E-state index in [-0.39, 0.29) is 5.91 Å². The van der Waals surface area contributed by atoms with Crippen LogP contribution in [0.25, 0.3) is 16.7 Å². The number of benzene rings is 1. The molecule has 4 heteroatoms. The molecule has 0 N–H and O–H groups in total. The molecule has 26 heavy (non-hydrogen) atoms. The van der Waals surface area contributed by atoms with Crippen LogP contribution in [0, 0.1) is 5.92 Å². The number of rotatable bonds is 4. The highest BCUT2D eigenvalue weighted by Crippen LogP contribution is 2.39. The van der Waals surface area contributed by atoms with Gasteiger partial charge in [0.25, 0.3) is 5.91 Å². The molecule has 0 fully saturated rings. The molecule has 2 heterocycles. The first-order valence-corrected chi connectivity index (χ1v) is 9.60. The van der Waals surface area contributed by atoms with Gasteiger partial charge in [-0.05, 0) is 56.2 Å². The lowest BCUT2D eigenvalue weighted by Crippen LogP contribution is -2.16. The van der Waals surface area contributed by atoms with Crippen molar-refractivity contribution in [2.45, 2.75) is 52.9 Å². The van der Waals surface area contributed by atoms with Gasteiger partial charge in [-0.3, -0.25) is 4.79 Å². The van der Waals surface area contributed by atoms with Gasteiger partial charge < -0.3 is 4.57 Å². The second-order valence-electron chi connectivity index (χ2n) is 7.22. The van der Waals surface area contributed by atoms with Gasteiger partial charge in [-0.25, -0.2) is 9.98 Å². The number of hydrogen-bond donors (Lipinski definition) is 0. The van der Waals surface area contributed by atoms with Gasteiger partial charge in [0.15, 0.2) is 0 Å². The van der Waals surface area contributed by atoms with Gasteiger partial charge in [-0.1, -0.05) is 31.6 Å². The number of aromatic nitrogens is 2. The second-order valence-corrected chi connectivity index (χ2v) is 7.22. The van der Waals surface area contributed by atoms with Crippen molar-refractivity contribution in [2.75, 3.05) is 0 Å². The minimum Gasteiger partial charge on any atom is -0.300 e. The Bertz CT molecular complexity index is 974. The number of aliphatic imine (C=N–C) groups is 1. The molecule has 0 saturated carbocycles. The summed E-state index contributed by atoms with van der Waals surface area (Å²) in [6.45, 7) is 6.44. The van der Waals surface area contributed by atoms with Crippen LogP contribution in [0.1, 0.15) is 52.3 Å². The van der Waals surface area contributed by atoms with Crippen molar-refractivity contribution in [1.82, 2.24) is 9.55 Å². The number of fused-ring (bicyclic) bond motifs is 1. The summed E-state index contributed by atoms with van der Waals surface area (Å²) in [5.74, 6) is 1.50. The van der Waals surface area contributed by atoms with Crippen molar-refractivity contribution in [1.29, 1.82) is 0 Å². The van der Waals surface area contributed by atoms with E-state index in [2.05, 4.69) is 41.6 Å². The quantitative estimate of drug-likeness (QED) is 0.786. The molecule has 1 atom stereocenters. The van der Waals surface area contributed by atoms with E-state index in [0.717, 1.165) is 49.0 Å². The minimum atomic E-state index is -0.0381. The molecule has 2 aliphatic rings. The van der Waals surface area contributed by atoms with Gasteiger partial charge in [0.2, 0.25) is 0 Å². The van der Waals surface area contributed by atoms with E-state index in [4.69, 9.17) is 4.98 Å². The number of hydrogen-bond acceptors (Lipinski definition) is 2. The normalized spacial score (nSPS) is 20.7. The maximum Gasteiger partial charge on any atom is 0.273 e. The highest BCUT2D eigenvalue weighted by Gasteiger charge is 2.29. The molecule has 0 radical (unpaired) electrons. The highest BCUT2D eigenvalue weighted by molar-refractivity contribution is 6.10. The summed E-state index contributed by atoms with van der Waals surface area (Å²) < 4.78 is 2.36. The van der Waals surface area contributed by atoms with Crippen LogP contribution in [-0.2, 0) is 11.2 Å². The predicted molar refractivity (Wildman–Crippen MR) is 106 cm³/mol. The fraction of sp³-hybridized carbons (Fsp3) is 0.409. The summed E-state index contributed by atoms with van der Waals surface area (Å²) in [6, 6.07) is 8.38. The molecule has 1 aliphatic carbocycles. The van der Waals surface area contributed by atoms with Crippen LogP contribution >= 0.6 is 0 Å². The fourth-order valence-corrected chi connectivity index (χ4v) is 4.41. The van der Waals surface area contributed by atoms with Crippen molar-refractivity contribution in [3.8, 4) is 0 Å². The first kappa shape index (κ1) is 17.0. The van der Waals surface area contributed by atoms with E-state index in [9.17, 15) is 4.79 Å². The number of carbonyl (C=O) groups excluding carboxylic acids is 1. The molecular formula is C22H25N3O. The maximum absolute atomic E-state index is 11.9. The molecule has 1 aromatic carbocycles. The topological polar surface area (TPSA) is 47.2 Å². The number of amides is 1. The molecule has 134 valence electrons. The zero-order valence-electron chi connectivity index (χ0n) is 15.7. The molecule has 0 saturated heterocycles. The summed E-state index contributed by atoms with van der Waals surface area (Å²) in [7, 11) is 0. The molecule has 1 aromatic heterocycles. The number of imidazole rings is 1. The van der Waals surface area contributed by atoms with Gasteiger partial charge in [0.05, 0.1) is 11.0 Å². The van der Waals surface area contributed by atoms with E-state index in [0.29, 0.717) is 5.92 Å². The van der Waals surface area contributed by atoms with Crippen LogP contribution in [0.3, 0.4) is 0 Å². The summed E-state index contributed by atoms with van der Waals surface area (Å²) >= 11 is 0. The molecule has 2 aromatic rings. The van der Waals surface area contributed by atoms with Crippen LogP contribution < -0.4 is 0 Å². The third-order valence-corrected chi connectivity index (χ3v) is 5.71. The minimum absolute atomic E-state index is 0.0381. The van der Waals surface area contributed by atoms with E-state index in [1.54, 1.807) is 0 Å². The molecule has 1 amide bonds. The smallest absolute Gasteiger partial charge is 0.273 e. The molecule has 0 spiro atoms. The summed E-state index contributed by atoms with van der Waals surface area (Å²) in [5.41, 5.74) is 7.12. The Morgan fingerprint density at radius 1 is 1.19 bits per heavy atom. The molecule has 0 bridgehead atoms. The Morgan fingerprint density at radius 3 is 2.73 bits per heavy atom. The zero-order valence-corrected chi connectivity index (χ0v) is 15.7. The van der Waals surface area contributed by atoms with Crippen molar-refractivity contribution in [2.24, 2.45) is 10.9 Å². The van der Waals surface area contributed by atoms with Crippen LogP contribution in [-0.4, -0.2) is 21.7 Å². The summed E-state index contributed by atoms with van der Waals surface area (Å²) in [5, 5.41) is 0. The van der Waals surface area contributed by atoms with Crippen molar-refractivity contribution in [3.63, 3.8) is 0 Å². The lowest BCUT2D eigenvalue weighted by atomic mass is 9.81. The Morgan fingerprint density at radius 2 is 2.00 bits per heavy atom. The Kier molecular flexibility index (Phi) is 4.35. The van der Waals surface area contributed by atoms with Gasteiger partial charge in [0, 0.05) is 23.9 Å². The number of allylic oxidation sites excluding steroid dienone is 3. The third-order valence-electron chi connectivity index (χ3n) is 5.71. The second kappa shape index (κ2) is 6.67. The number of para-hydroxylation sites is 2. The zero-order chi connectivity index (χ0) is 18.3. The van der Waals surface area contributed by atoms with Gasteiger partial charge in [0.1, 0.15) is 5.82 Å². The van der Waals surface area contributed by atoms with Gasteiger partial charge in [-0.15, -0.1) is 0 Å². The van der Waals surface area contributed by atoms with Crippen molar-refractivity contribution >= 4 is 28.9 Å². The van der Waals surface area contributed by atoms with E-state index >= 15 is 0 Å². The average Bonchev–Trinajstić information content (AvgIpc) is 3.21. The largest absolute Gasteiger partial charge is 0.300 e. The Hall–Kier alpha value is -2.49. The van der Waals surface area contributed by atoms with E-state index in [1.165, 1.54) is 22.4 Å². The standard InChI is InChI=1S/C22H25N3O/c1-4-16-17(13-23-22(16)26)15-10-11-19(14(3)12-15)25-20-9-7-6-8-18(20)24-21(25)5-2/h6-9,13,15H,4-5,10-12H2,1-3H3. The van der Waals surface area contributed by atoms with Gasteiger partial charge >= 0.3 is 0 Å². The first-order chi connectivity index (χ1) is 12.6.